The lowest BCUT2D eigenvalue weighted by Crippen LogP contribution is -2.66. The predicted octanol–water partition coefficient (Wildman–Crippen LogP) is -2.86. The Balaban J connectivity index is 1.17. The van der Waals surface area contributed by atoms with Crippen LogP contribution < -0.4 is 68.6 Å². The van der Waals surface area contributed by atoms with Crippen molar-refractivity contribution in [2.24, 2.45) is 34.4 Å². The summed E-state index contributed by atoms with van der Waals surface area (Å²) in [5.41, 5.74) is 4.54. The Morgan fingerprint density at radius 2 is 1.46 bits per heavy atom. The fourth-order valence-corrected chi connectivity index (χ4v) is 10.7. The van der Waals surface area contributed by atoms with E-state index in [1.165, 1.54) is 45.6 Å². The van der Waals surface area contributed by atoms with Gasteiger partial charge in [-0.15, -0.1) is 0 Å². The molecule has 7 rings (SSSR count). The Kier molecular flexibility index (Phi) is 22.4. The van der Waals surface area contributed by atoms with Crippen LogP contribution in [0.1, 0.15) is 53.2 Å². The number of nitrogens with zero attached hydrogens (tertiary/aromatic N) is 3. The number of aromatic amines is 1. The highest BCUT2D eigenvalue weighted by molar-refractivity contribution is 6.22. The molecule has 2 aromatic carbocycles. The molecular weight excluding hydrogens is 1150 g/mol. The number of anilines is 2. The first-order chi connectivity index (χ1) is 41.4. The summed E-state index contributed by atoms with van der Waals surface area (Å²) in [6.07, 6.45) is -16.1. The summed E-state index contributed by atoms with van der Waals surface area (Å²) in [7, 11) is 4.09. The highest BCUT2D eigenvalue weighted by Gasteiger charge is 2.60. The number of aliphatic hydroxyl groups excluding tert-OH is 4. The van der Waals surface area contributed by atoms with Crippen molar-refractivity contribution >= 4 is 59.0 Å². The van der Waals surface area contributed by atoms with Gasteiger partial charge >= 0.3 is 23.7 Å². The molecule has 5 heterocycles. The Hall–Kier alpha value is -8.24. The number of carboxylic acids is 1. The van der Waals surface area contributed by atoms with Crippen LogP contribution in [0.5, 0.6) is 11.5 Å². The first-order valence-electron chi connectivity index (χ1n) is 28.1. The molecule has 3 saturated heterocycles. The molecule has 15 N–H and O–H groups in total. The highest BCUT2D eigenvalue weighted by atomic mass is 16.7. The molecule has 3 fully saturated rings. The van der Waals surface area contributed by atoms with E-state index in [9.17, 15) is 59.1 Å². The maximum absolute atomic E-state index is 15.3. The number of aliphatic imine (C=N–C) groups is 1. The second kappa shape index (κ2) is 29.4. The van der Waals surface area contributed by atoms with E-state index < -0.39 is 162 Å². The van der Waals surface area contributed by atoms with Crippen molar-refractivity contribution in [3.8, 4) is 11.5 Å². The zero-order valence-corrected chi connectivity index (χ0v) is 48.7. The van der Waals surface area contributed by atoms with Gasteiger partial charge in [0.05, 0.1) is 43.9 Å². The fraction of sp³-hybridized carbons (Fsp3) is 0.564. The second-order valence-corrected chi connectivity index (χ2v) is 21.8. The number of methoxy groups -OCH3 is 3. The average Bonchev–Trinajstić information content (AvgIpc) is 1.90. The van der Waals surface area contributed by atoms with Crippen LogP contribution in [0.4, 0.5) is 21.0 Å². The molecule has 8 amide bonds. The maximum Gasteiger partial charge on any atom is 0.330 e. The zero-order valence-electron chi connectivity index (χ0n) is 48.7. The van der Waals surface area contributed by atoms with Gasteiger partial charge in [0.15, 0.2) is 18.5 Å². The molecule has 1 aromatic heterocycles. The summed E-state index contributed by atoms with van der Waals surface area (Å²) < 4.78 is 35.9. The number of guanidine groups is 1. The van der Waals surface area contributed by atoms with Crippen LogP contribution >= 0.6 is 0 Å². The standard InChI is InChI=1S/C55H76N12O20/c1-24(2)35(50(77)78)64-54(80)65-36(31-18-21-58-52(56)61-31)46(74)63-37(38(69)25(3)4)45(73)57-20-8-9-30-34(48(76)67(47(30)75)27-12-16-29(83-6)17-13-27)42(43-40(71)41(72)49(86-43)66-22-19-33(68)62-55(66)81)87-51-44(84-7)39(70)32(85-51)23-59-53(79)60-26-10-14-28(82-5)15-11-26/h10-17,19,22,24-25,30-32,34-44,49,51,69-72H,8-9,18,20-21,23H2,1-7H3,(H,57,73)(H,63,74)(H,77,78)(H3,56,58,61)(H2,59,60,79)(H,62,68,81)(H2,64,65,80)/t30?,31?,32-,34?,35?,36?,37?,38?,39-,40+,41-,42?,43+,44-,49-,51+/m1/s1. The highest BCUT2D eigenvalue weighted by Crippen LogP contribution is 2.43. The van der Waals surface area contributed by atoms with Crippen LogP contribution in [0, 0.1) is 23.7 Å². The second-order valence-electron chi connectivity index (χ2n) is 21.8. The number of rotatable bonds is 26. The molecule has 0 saturated carbocycles. The van der Waals surface area contributed by atoms with Gasteiger partial charge in [-0.2, -0.15) is 0 Å². The summed E-state index contributed by atoms with van der Waals surface area (Å²) in [4.78, 5) is 129. The van der Waals surface area contributed by atoms with Gasteiger partial charge in [0.25, 0.3) is 5.56 Å². The molecule has 16 atom stereocenters. The molecule has 87 heavy (non-hydrogen) atoms. The van der Waals surface area contributed by atoms with Crippen LogP contribution in [0.2, 0.25) is 0 Å². The van der Waals surface area contributed by atoms with E-state index in [-0.39, 0.29) is 50.5 Å². The number of benzene rings is 2. The smallest absolute Gasteiger partial charge is 0.330 e. The van der Waals surface area contributed by atoms with E-state index in [0.717, 1.165) is 21.7 Å². The van der Waals surface area contributed by atoms with Crippen LogP contribution in [0.3, 0.4) is 0 Å². The number of aromatic nitrogens is 2. The maximum atomic E-state index is 15.3. The molecule has 0 spiro atoms. The van der Waals surface area contributed by atoms with E-state index in [1.807, 2.05) is 4.98 Å². The number of H-pyrrole nitrogens is 1. The normalized spacial score (nSPS) is 26.2. The topological polar surface area (TPSA) is 457 Å². The van der Waals surface area contributed by atoms with Crippen LogP contribution in [-0.2, 0) is 42.9 Å². The Morgan fingerprint density at radius 1 is 0.793 bits per heavy atom. The van der Waals surface area contributed by atoms with Gasteiger partial charge in [-0.1, -0.05) is 27.7 Å². The lowest BCUT2D eigenvalue weighted by atomic mass is 9.82. The van der Waals surface area contributed by atoms with Gasteiger partial charge in [-0.05, 0) is 79.6 Å². The van der Waals surface area contributed by atoms with Crippen molar-refractivity contribution in [3.63, 3.8) is 0 Å². The molecule has 8 unspecified atom stereocenters. The quantitative estimate of drug-likeness (QED) is 0.0284. The van der Waals surface area contributed by atoms with Gasteiger partial charge in [0.2, 0.25) is 23.6 Å². The number of carboxylic acid groups (broad SMARTS) is 1. The molecule has 0 aliphatic carbocycles. The first-order valence-corrected chi connectivity index (χ1v) is 28.1. The number of hydrogen-bond donors (Lipinski definition) is 14. The molecule has 0 bridgehead atoms. The third-order valence-corrected chi connectivity index (χ3v) is 15.4. The monoisotopic (exact) mass is 1220 g/mol. The minimum Gasteiger partial charge on any atom is -0.497 e. The molecule has 476 valence electrons. The van der Waals surface area contributed by atoms with Gasteiger partial charge in [0, 0.05) is 44.7 Å². The van der Waals surface area contributed by atoms with Crippen molar-refractivity contribution in [1.82, 2.24) is 41.5 Å². The number of nitrogens with two attached hydrogens (primary N) is 1. The van der Waals surface area contributed by atoms with Gasteiger partial charge in [-0.3, -0.25) is 38.5 Å². The summed E-state index contributed by atoms with van der Waals surface area (Å²) in [6.45, 7) is 5.77. The number of nitrogens with one attached hydrogen (secondary N) is 8. The largest absolute Gasteiger partial charge is 0.497 e. The number of aliphatic hydroxyl groups is 4. The van der Waals surface area contributed by atoms with Crippen LogP contribution in [0.15, 0.2) is 75.4 Å². The minimum absolute atomic E-state index is 0.0591. The fourth-order valence-electron chi connectivity index (χ4n) is 10.7. The zero-order chi connectivity index (χ0) is 63.6. The Bertz CT molecular complexity index is 3070. The molecule has 32 heteroatoms. The van der Waals surface area contributed by atoms with Gasteiger partial charge < -0.3 is 96.9 Å². The van der Waals surface area contributed by atoms with Crippen LogP contribution in [-0.4, -0.2) is 203 Å². The van der Waals surface area contributed by atoms with Gasteiger partial charge in [0.1, 0.15) is 72.4 Å². The summed E-state index contributed by atoms with van der Waals surface area (Å²) in [5.74, 6) is -8.50. The van der Waals surface area contributed by atoms with Crippen molar-refractivity contribution in [2.45, 2.75) is 132 Å². The van der Waals surface area contributed by atoms with E-state index in [2.05, 4.69) is 42.2 Å². The van der Waals surface area contributed by atoms with Crippen molar-refractivity contribution in [2.75, 3.05) is 51.2 Å². The van der Waals surface area contributed by atoms with E-state index >= 15 is 9.59 Å². The number of carbonyl (C=O) groups is 7. The molecule has 0 radical (unpaired) electrons. The summed E-state index contributed by atoms with van der Waals surface area (Å²) in [6, 6.07) is 5.98. The summed E-state index contributed by atoms with van der Waals surface area (Å²) in [5, 5.41) is 74.4. The lowest BCUT2D eigenvalue weighted by Gasteiger charge is -2.34. The van der Waals surface area contributed by atoms with Crippen LogP contribution in [0.25, 0.3) is 0 Å². The molecule has 3 aromatic rings. The van der Waals surface area contributed by atoms with Crippen molar-refractivity contribution in [3.05, 3.63) is 81.6 Å². The number of carbonyl (C=O) groups excluding carboxylic acids is 6. The van der Waals surface area contributed by atoms with E-state index in [1.54, 1.807) is 52.0 Å². The van der Waals surface area contributed by atoms with Gasteiger partial charge in [-0.25, -0.2) is 24.1 Å². The minimum atomic E-state index is -2.02. The Morgan fingerprint density at radius 3 is 2.06 bits per heavy atom. The SMILES string of the molecule is COc1ccc(NC(=O)NC[C@H]2O[C@@H](OC(C3C(=O)N(c4ccc(OC)cc4)C(=O)C3CCCNC(=O)C(NC(=O)C(NC(=O)NC(C(=O)O)C(C)C)C3CCN=C(N)N3)C(O)C(C)C)[C@H]3O[C@@H](n4ccc(=O)[nH]c4=O)[C@H](O)[C@@H]3O)[C@H](OC)[C@@H]2O)cc1. The lowest BCUT2D eigenvalue weighted by molar-refractivity contribution is -0.236. The number of ether oxygens (including phenoxy) is 6. The molecular formula is C55H76N12O20. The number of urea groups is 2. The average molecular weight is 1230 g/mol. The first kappa shape index (κ1) is 66.3. The molecule has 32 nitrogen and oxygen atoms in total. The number of hydrogen-bond acceptors (Lipinski definition) is 22. The number of imide groups is 1. The molecule has 4 aliphatic heterocycles. The third-order valence-electron chi connectivity index (χ3n) is 15.4. The molecule has 4 aliphatic rings. The van der Waals surface area contributed by atoms with E-state index in [4.69, 9.17) is 34.2 Å². The third kappa shape index (κ3) is 15.7. The van der Waals surface area contributed by atoms with Crippen molar-refractivity contribution < 1.29 is 87.5 Å². The van der Waals surface area contributed by atoms with E-state index in [0.29, 0.717) is 17.2 Å². The Labute approximate surface area is 497 Å². The summed E-state index contributed by atoms with van der Waals surface area (Å²) >= 11 is 0. The number of aliphatic carboxylic acids is 1. The van der Waals surface area contributed by atoms with Crippen molar-refractivity contribution in [1.29, 1.82) is 0 Å². The number of amides is 8. The predicted molar refractivity (Wildman–Crippen MR) is 305 cm³/mol.